The molecule has 1 atom stereocenters. The summed E-state index contributed by atoms with van der Waals surface area (Å²) in [7, 11) is 0. The van der Waals surface area contributed by atoms with Crippen molar-refractivity contribution in [2.75, 3.05) is 32.8 Å². The molecule has 0 bridgehead atoms. The highest BCUT2D eigenvalue weighted by Gasteiger charge is 2.38. The van der Waals surface area contributed by atoms with Crippen molar-refractivity contribution in [3.63, 3.8) is 0 Å². The fraction of sp³-hybridized carbons (Fsp3) is 0.625. The molecule has 2 aliphatic heterocycles. The van der Waals surface area contributed by atoms with E-state index in [-0.39, 0.29) is 23.6 Å². The van der Waals surface area contributed by atoms with Gasteiger partial charge in [-0.05, 0) is 32.4 Å². The zero-order valence-corrected chi connectivity index (χ0v) is 13.6. The molecule has 0 spiro atoms. The number of piperazine rings is 1. The third-order valence-electron chi connectivity index (χ3n) is 4.60. The van der Waals surface area contributed by atoms with Crippen LogP contribution in [0.1, 0.15) is 30.8 Å². The lowest BCUT2D eigenvalue weighted by Gasteiger charge is -2.36. The van der Waals surface area contributed by atoms with Crippen LogP contribution in [0.4, 0.5) is 4.79 Å². The lowest BCUT2D eigenvalue weighted by atomic mass is 9.99. The summed E-state index contributed by atoms with van der Waals surface area (Å²) in [6.45, 7) is 6.72. The number of carbonyl (C=O) groups is 2. The van der Waals surface area contributed by atoms with Gasteiger partial charge in [-0.1, -0.05) is 0 Å². The van der Waals surface area contributed by atoms with Crippen LogP contribution in [0.5, 0.6) is 0 Å². The molecule has 126 valence electrons. The van der Waals surface area contributed by atoms with Gasteiger partial charge in [0.1, 0.15) is 0 Å². The van der Waals surface area contributed by atoms with Gasteiger partial charge in [0.2, 0.25) is 0 Å². The maximum atomic E-state index is 12.4. The molecule has 23 heavy (non-hydrogen) atoms. The first kappa shape index (κ1) is 15.9. The minimum Gasteiger partial charge on any atom is -0.459 e. The Morgan fingerprint density at radius 2 is 1.91 bits per heavy atom. The van der Waals surface area contributed by atoms with E-state index in [0.29, 0.717) is 38.5 Å². The minimum absolute atomic E-state index is 0.0257. The molecular formula is C16H23N3O4. The second-order valence-electron chi connectivity index (χ2n) is 6.50. The summed E-state index contributed by atoms with van der Waals surface area (Å²) >= 11 is 0. The van der Waals surface area contributed by atoms with Gasteiger partial charge in [0.05, 0.1) is 17.9 Å². The van der Waals surface area contributed by atoms with Gasteiger partial charge >= 0.3 is 6.03 Å². The second-order valence-corrected chi connectivity index (χ2v) is 6.50. The molecule has 0 aliphatic carbocycles. The number of urea groups is 1. The average Bonchev–Trinajstić information content (AvgIpc) is 3.17. The molecule has 0 aromatic carbocycles. The summed E-state index contributed by atoms with van der Waals surface area (Å²) in [5.74, 6) is 0.216. The van der Waals surface area contributed by atoms with Gasteiger partial charge < -0.3 is 24.3 Å². The van der Waals surface area contributed by atoms with Crippen LogP contribution in [0.2, 0.25) is 0 Å². The summed E-state index contributed by atoms with van der Waals surface area (Å²) < 4.78 is 10.8. The van der Waals surface area contributed by atoms with Crippen LogP contribution in [0.25, 0.3) is 0 Å². The van der Waals surface area contributed by atoms with E-state index >= 15 is 0 Å². The second kappa shape index (κ2) is 6.23. The average molecular weight is 321 g/mol. The minimum atomic E-state index is -0.327. The Hall–Kier alpha value is -2.02. The molecule has 1 unspecified atom stereocenters. The molecule has 1 aromatic heterocycles. The van der Waals surface area contributed by atoms with E-state index in [2.05, 4.69) is 5.32 Å². The van der Waals surface area contributed by atoms with Crippen LogP contribution in [0, 0.1) is 0 Å². The number of carbonyl (C=O) groups excluding carboxylic acids is 2. The van der Waals surface area contributed by atoms with Gasteiger partial charge in [-0.2, -0.15) is 0 Å². The zero-order valence-electron chi connectivity index (χ0n) is 13.6. The third-order valence-corrected chi connectivity index (χ3v) is 4.60. The van der Waals surface area contributed by atoms with Crippen molar-refractivity contribution in [3.8, 4) is 0 Å². The highest BCUT2D eigenvalue weighted by atomic mass is 16.5. The van der Waals surface area contributed by atoms with Crippen molar-refractivity contribution >= 4 is 11.9 Å². The number of nitrogens with one attached hydrogen (secondary N) is 1. The van der Waals surface area contributed by atoms with Crippen LogP contribution < -0.4 is 5.32 Å². The van der Waals surface area contributed by atoms with Crippen LogP contribution >= 0.6 is 0 Å². The standard InChI is InChI=1S/C16H23N3O4/c1-16(2)13(5-11-23-16)17-15(21)19-8-6-18(7-9-19)14(20)12-4-3-10-22-12/h3-4,10,13H,5-9,11H2,1-2H3,(H,17,21). The highest BCUT2D eigenvalue weighted by Crippen LogP contribution is 2.25. The fourth-order valence-electron chi connectivity index (χ4n) is 3.04. The maximum absolute atomic E-state index is 12.4. The largest absolute Gasteiger partial charge is 0.459 e. The molecule has 0 radical (unpaired) electrons. The Labute approximate surface area is 135 Å². The van der Waals surface area contributed by atoms with Crippen LogP contribution in [0.15, 0.2) is 22.8 Å². The molecule has 0 saturated carbocycles. The molecule has 1 aromatic rings. The van der Waals surface area contributed by atoms with Gasteiger partial charge in [0.15, 0.2) is 5.76 Å². The van der Waals surface area contributed by atoms with Crippen molar-refractivity contribution in [1.82, 2.24) is 15.1 Å². The summed E-state index contributed by atoms with van der Waals surface area (Å²) in [6.07, 6.45) is 2.32. The summed E-state index contributed by atoms with van der Waals surface area (Å²) in [6, 6.07) is 3.29. The molecule has 1 N–H and O–H groups in total. The molecule has 3 rings (SSSR count). The monoisotopic (exact) mass is 321 g/mol. The van der Waals surface area contributed by atoms with Gasteiger partial charge in [0, 0.05) is 32.8 Å². The van der Waals surface area contributed by atoms with E-state index in [9.17, 15) is 9.59 Å². The molecule has 2 fully saturated rings. The molecule has 3 heterocycles. The van der Waals surface area contributed by atoms with Crippen LogP contribution in [-0.4, -0.2) is 66.2 Å². The van der Waals surface area contributed by atoms with E-state index < -0.39 is 0 Å². The molecular weight excluding hydrogens is 298 g/mol. The third kappa shape index (κ3) is 3.34. The number of ether oxygens (including phenoxy) is 1. The Bertz CT molecular complexity index is 562. The number of nitrogens with zero attached hydrogens (tertiary/aromatic N) is 2. The van der Waals surface area contributed by atoms with Crippen LogP contribution in [-0.2, 0) is 4.74 Å². The van der Waals surface area contributed by atoms with E-state index in [4.69, 9.17) is 9.15 Å². The van der Waals surface area contributed by atoms with Gasteiger partial charge in [-0.3, -0.25) is 4.79 Å². The Kier molecular flexibility index (Phi) is 4.30. The van der Waals surface area contributed by atoms with E-state index in [1.54, 1.807) is 21.9 Å². The SMILES string of the molecule is CC1(C)OCCC1NC(=O)N1CCN(C(=O)c2ccco2)CC1. The molecule has 7 nitrogen and oxygen atoms in total. The van der Waals surface area contributed by atoms with Gasteiger partial charge in [0.25, 0.3) is 5.91 Å². The lowest BCUT2D eigenvalue weighted by molar-refractivity contribution is 0.0220. The Morgan fingerprint density at radius 3 is 2.48 bits per heavy atom. The van der Waals surface area contributed by atoms with E-state index in [1.165, 1.54) is 6.26 Å². The Morgan fingerprint density at radius 1 is 1.22 bits per heavy atom. The van der Waals surface area contributed by atoms with Crippen LogP contribution in [0.3, 0.4) is 0 Å². The molecule has 2 aliphatic rings. The Balaban J connectivity index is 1.51. The number of furan rings is 1. The predicted octanol–water partition coefficient (Wildman–Crippen LogP) is 1.31. The van der Waals surface area contributed by atoms with Crippen molar-refractivity contribution in [2.24, 2.45) is 0 Å². The topological polar surface area (TPSA) is 75.0 Å². The lowest BCUT2D eigenvalue weighted by Crippen LogP contribution is -2.56. The van der Waals surface area contributed by atoms with E-state index in [1.807, 2.05) is 13.8 Å². The summed E-state index contributed by atoms with van der Waals surface area (Å²) in [4.78, 5) is 28.0. The number of hydrogen-bond donors (Lipinski definition) is 1. The van der Waals surface area contributed by atoms with Crippen molar-refractivity contribution in [3.05, 3.63) is 24.2 Å². The van der Waals surface area contributed by atoms with Gasteiger partial charge in [-0.15, -0.1) is 0 Å². The maximum Gasteiger partial charge on any atom is 0.317 e. The smallest absolute Gasteiger partial charge is 0.317 e. The number of amides is 3. The molecule has 2 saturated heterocycles. The molecule has 3 amide bonds. The quantitative estimate of drug-likeness (QED) is 0.891. The number of rotatable bonds is 2. The normalized spacial score (nSPS) is 23.8. The van der Waals surface area contributed by atoms with Crippen molar-refractivity contribution in [2.45, 2.75) is 31.9 Å². The molecule has 7 heteroatoms. The van der Waals surface area contributed by atoms with Crippen molar-refractivity contribution in [1.29, 1.82) is 0 Å². The number of hydrogen-bond acceptors (Lipinski definition) is 4. The predicted molar refractivity (Wildman–Crippen MR) is 83.2 cm³/mol. The zero-order chi connectivity index (χ0) is 16.4. The summed E-state index contributed by atoms with van der Waals surface area (Å²) in [5, 5.41) is 3.05. The summed E-state index contributed by atoms with van der Waals surface area (Å²) in [5.41, 5.74) is -0.327. The first-order chi connectivity index (χ1) is 11.0. The fourth-order valence-corrected chi connectivity index (χ4v) is 3.04. The van der Waals surface area contributed by atoms with Crippen molar-refractivity contribution < 1.29 is 18.7 Å². The van der Waals surface area contributed by atoms with Gasteiger partial charge in [-0.25, -0.2) is 4.79 Å². The van der Waals surface area contributed by atoms with E-state index in [0.717, 1.165) is 6.42 Å². The first-order valence-electron chi connectivity index (χ1n) is 7.99. The first-order valence-corrected chi connectivity index (χ1v) is 7.99. The highest BCUT2D eigenvalue weighted by molar-refractivity contribution is 5.91.